The average Bonchev–Trinajstić information content (AvgIpc) is 3.63. The van der Waals surface area contributed by atoms with Gasteiger partial charge in [0.05, 0.1) is 48.8 Å². The maximum absolute atomic E-state index is 15.5. The number of para-hydroxylation sites is 1. The van der Waals surface area contributed by atoms with Crippen LogP contribution in [0.5, 0.6) is 17.2 Å². The lowest BCUT2D eigenvalue weighted by molar-refractivity contribution is -0.138. The van der Waals surface area contributed by atoms with Crippen molar-refractivity contribution in [2.45, 2.75) is 31.1 Å². The third-order valence-corrected chi connectivity index (χ3v) is 12.4. The molecule has 5 aromatic rings. The molecule has 2 aliphatic carbocycles. The highest BCUT2D eigenvalue weighted by Crippen LogP contribution is 2.66. The summed E-state index contributed by atoms with van der Waals surface area (Å²) in [5.74, 6) is -5.37. The topological polar surface area (TPSA) is 138 Å². The van der Waals surface area contributed by atoms with E-state index in [2.05, 4.69) is 10.7 Å². The van der Waals surface area contributed by atoms with E-state index in [4.69, 9.17) is 9.47 Å². The molecule has 5 aromatic carbocycles. The first kappa shape index (κ1) is 36.7. The molecule has 58 heavy (non-hydrogen) atoms. The number of amides is 4. The molecule has 1 saturated carbocycles. The van der Waals surface area contributed by atoms with Crippen LogP contribution in [0.3, 0.4) is 0 Å². The second kappa shape index (κ2) is 14.3. The molecule has 9 rings (SSSR count). The molecule has 0 aromatic heterocycles. The van der Waals surface area contributed by atoms with E-state index in [9.17, 15) is 14.7 Å². The highest BCUT2D eigenvalue weighted by Gasteiger charge is 2.71. The van der Waals surface area contributed by atoms with Gasteiger partial charge in [0.15, 0.2) is 0 Å². The second-order valence-corrected chi connectivity index (χ2v) is 15.4. The van der Waals surface area contributed by atoms with Gasteiger partial charge in [-0.15, -0.1) is 0 Å². The third kappa shape index (κ3) is 5.63. The summed E-state index contributed by atoms with van der Waals surface area (Å²) in [6.45, 7) is 1.95. The number of carbonyl (C=O) groups excluding carboxylic acids is 4. The minimum absolute atomic E-state index is 0.112. The van der Waals surface area contributed by atoms with E-state index in [0.29, 0.717) is 33.8 Å². The van der Waals surface area contributed by atoms with E-state index >= 15 is 9.59 Å². The van der Waals surface area contributed by atoms with Gasteiger partial charge in [-0.25, -0.2) is 0 Å². The number of rotatable bonds is 9. The number of anilines is 4. The lowest BCUT2D eigenvalue weighted by atomic mass is 9.49. The van der Waals surface area contributed by atoms with Crippen molar-refractivity contribution in [2.75, 3.05) is 29.9 Å². The Balaban J connectivity index is 1.18. The summed E-state index contributed by atoms with van der Waals surface area (Å²) >= 11 is 0. The van der Waals surface area contributed by atoms with Gasteiger partial charge < -0.3 is 19.9 Å². The summed E-state index contributed by atoms with van der Waals surface area (Å²) in [4.78, 5) is 60.9. The number of hydrogen-bond acceptors (Lipinski definition) is 9. The van der Waals surface area contributed by atoms with E-state index in [1.807, 2.05) is 97.9 Å². The van der Waals surface area contributed by atoms with Gasteiger partial charge in [-0.2, -0.15) is 5.01 Å². The predicted molar refractivity (Wildman–Crippen MR) is 219 cm³/mol. The summed E-state index contributed by atoms with van der Waals surface area (Å²) in [6.07, 6.45) is 2.29. The van der Waals surface area contributed by atoms with Crippen LogP contribution in [0.4, 0.5) is 22.7 Å². The minimum atomic E-state index is -1.59. The largest absolute Gasteiger partial charge is 0.507 e. The molecule has 2 heterocycles. The fourth-order valence-corrected chi connectivity index (χ4v) is 9.86. The molecule has 3 fully saturated rings. The molecule has 292 valence electrons. The molecule has 4 aliphatic rings. The number of ether oxygens (including phenoxy) is 2. The van der Waals surface area contributed by atoms with Gasteiger partial charge in [0.1, 0.15) is 17.2 Å². The van der Waals surface area contributed by atoms with Crippen molar-refractivity contribution in [2.24, 2.45) is 23.7 Å². The Kier molecular flexibility index (Phi) is 9.03. The van der Waals surface area contributed by atoms with Crippen molar-refractivity contribution < 1.29 is 33.8 Å². The average molecular weight is 775 g/mol. The smallest absolute Gasteiger partial charge is 0.260 e. The van der Waals surface area contributed by atoms with Gasteiger partial charge in [-0.3, -0.25) is 29.5 Å². The van der Waals surface area contributed by atoms with Gasteiger partial charge in [0.2, 0.25) is 11.8 Å². The molecule has 11 heteroatoms. The zero-order valence-corrected chi connectivity index (χ0v) is 32.2. The predicted octanol–water partition coefficient (Wildman–Crippen LogP) is 7.65. The number of fused-ring (bicyclic) bond motifs is 4. The zero-order valence-electron chi connectivity index (χ0n) is 32.2. The Labute approximate surface area is 335 Å². The van der Waals surface area contributed by atoms with Crippen molar-refractivity contribution in [3.8, 4) is 17.2 Å². The fourth-order valence-electron chi connectivity index (χ4n) is 9.86. The minimum Gasteiger partial charge on any atom is -0.507 e. The molecule has 6 unspecified atom stereocenters. The maximum atomic E-state index is 15.5. The quantitative estimate of drug-likeness (QED) is 0.102. The van der Waals surface area contributed by atoms with Crippen LogP contribution >= 0.6 is 0 Å². The number of allylic oxidation sites excluding steroid dienone is 2. The number of imide groups is 2. The molecule has 2 aliphatic heterocycles. The highest BCUT2D eigenvalue weighted by molar-refractivity contribution is 6.22. The number of hydrogen-bond donors (Lipinski definition) is 3. The Bertz CT molecular complexity index is 2470. The molecule has 0 spiro atoms. The molecular formula is C47H42N4O7. The first-order chi connectivity index (χ1) is 28.1. The van der Waals surface area contributed by atoms with Gasteiger partial charge in [-0.05, 0) is 79.8 Å². The fraction of sp³-hybridized carbons (Fsp3) is 0.234. The van der Waals surface area contributed by atoms with Gasteiger partial charge in [-0.1, -0.05) is 77.9 Å². The van der Waals surface area contributed by atoms with E-state index < -0.39 is 46.8 Å². The van der Waals surface area contributed by atoms with Crippen LogP contribution in [0, 0.1) is 30.6 Å². The highest BCUT2D eigenvalue weighted by atomic mass is 16.5. The first-order valence-electron chi connectivity index (χ1n) is 19.4. The second-order valence-electron chi connectivity index (χ2n) is 15.4. The van der Waals surface area contributed by atoms with Crippen LogP contribution in [-0.4, -0.2) is 48.0 Å². The van der Waals surface area contributed by atoms with Crippen LogP contribution in [0.15, 0.2) is 133 Å². The molecule has 11 nitrogen and oxygen atoms in total. The van der Waals surface area contributed by atoms with Crippen molar-refractivity contribution in [3.63, 3.8) is 0 Å². The summed E-state index contributed by atoms with van der Waals surface area (Å²) in [7, 11) is 2.95. The van der Waals surface area contributed by atoms with E-state index in [-0.39, 0.29) is 36.2 Å². The monoisotopic (exact) mass is 774 g/mol. The number of phenolic OH excluding ortho intramolecular Hbond substituents is 1. The van der Waals surface area contributed by atoms with Gasteiger partial charge >= 0.3 is 0 Å². The van der Waals surface area contributed by atoms with Crippen molar-refractivity contribution in [3.05, 3.63) is 150 Å². The molecule has 2 saturated heterocycles. The number of carbonyl (C=O) groups is 4. The number of phenols is 1. The summed E-state index contributed by atoms with van der Waals surface area (Å²) in [6, 6.07) is 36.5. The van der Waals surface area contributed by atoms with E-state index in [1.54, 1.807) is 30.3 Å². The number of aryl methyl sites for hydroxylation is 1. The number of methoxy groups -OCH3 is 2. The Hall–Kier alpha value is -6.88. The number of aromatic hydroxyl groups is 1. The van der Waals surface area contributed by atoms with Crippen molar-refractivity contribution in [1.29, 1.82) is 0 Å². The van der Waals surface area contributed by atoms with Crippen LogP contribution in [0.25, 0.3) is 0 Å². The maximum Gasteiger partial charge on any atom is 0.260 e. The third-order valence-electron chi connectivity index (χ3n) is 12.4. The number of nitrogens with zero attached hydrogens (tertiary/aromatic N) is 2. The number of hydrazine groups is 1. The lowest BCUT2D eigenvalue weighted by Crippen LogP contribution is -2.53. The van der Waals surface area contributed by atoms with Crippen molar-refractivity contribution in [1.82, 2.24) is 5.01 Å². The molecule has 0 bridgehead atoms. The summed E-state index contributed by atoms with van der Waals surface area (Å²) < 4.78 is 11.4. The standard InChI is InChI=1S/C47H42N4O7/c1-27-14-16-31(17-15-27)49-51-44(54)37-26-36-34(42(41-38(52)24-33(57-2)25-39(41)58-3)47(37,46(51)56)28-10-6-4-7-11-28)22-23-35-40(36)45(55)50(43(35)53)32-20-18-30(19-21-32)48-29-12-8-5-9-13-29/h4-22,24-25,35-37,40,42,48-49,52H,23,26H2,1-3H3. The summed E-state index contributed by atoms with van der Waals surface area (Å²) in [5.41, 5.74) is 6.80. The van der Waals surface area contributed by atoms with E-state index in [1.165, 1.54) is 25.2 Å². The van der Waals surface area contributed by atoms with Crippen LogP contribution in [-0.2, 0) is 24.6 Å². The number of nitrogens with one attached hydrogen (secondary N) is 2. The zero-order chi connectivity index (χ0) is 40.3. The van der Waals surface area contributed by atoms with Crippen LogP contribution in [0.2, 0.25) is 0 Å². The summed E-state index contributed by atoms with van der Waals surface area (Å²) in [5, 5.41) is 16.4. The Morgan fingerprint density at radius 2 is 1.38 bits per heavy atom. The van der Waals surface area contributed by atoms with Gasteiger partial charge in [0.25, 0.3) is 11.8 Å². The van der Waals surface area contributed by atoms with Gasteiger partial charge in [0, 0.05) is 35.0 Å². The first-order valence-corrected chi connectivity index (χ1v) is 19.4. The van der Waals surface area contributed by atoms with Crippen LogP contribution in [0.1, 0.15) is 35.4 Å². The number of benzene rings is 5. The normalized spacial score (nSPS) is 24.8. The van der Waals surface area contributed by atoms with Crippen LogP contribution < -0.4 is 25.1 Å². The van der Waals surface area contributed by atoms with E-state index in [0.717, 1.165) is 21.9 Å². The molecule has 3 N–H and O–H groups in total. The SMILES string of the molecule is COc1cc(O)c(C2C3=CCC4C(=O)N(c5ccc(Nc6ccccc6)cc5)C(=O)C4C3CC3C(=O)N(Nc4ccc(C)cc4)C(=O)C32c2ccccc2)c(OC)c1. The lowest BCUT2D eigenvalue weighted by Gasteiger charge is -2.50. The molecule has 4 amide bonds. The Morgan fingerprint density at radius 1 is 0.724 bits per heavy atom. The molecule has 6 atom stereocenters. The molecule has 0 radical (unpaired) electrons. The Morgan fingerprint density at radius 3 is 2.05 bits per heavy atom. The molecular weight excluding hydrogens is 733 g/mol. The van der Waals surface area contributed by atoms with Crippen molar-refractivity contribution >= 4 is 46.4 Å².